The predicted molar refractivity (Wildman–Crippen MR) is 77.1 cm³/mol. The third-order valence-corrected chi connectivity index (χ3v) is 2.72. The maximum Gasteiger partial charge on any atom is 0.405 e. The summed E-state index contributed by atoms with van der Waals surface area (Å²) < 4.78 is 38.1. The number of nitrogens with zero attached hydrogens (tertiary/aromatic N) is 3. The minimum atomic E-state index is -4.29. The molecule has 0 fully saturated rings. The molecule has 3 N–H and O–H groups in total. The standard InChI is InChI=1S/C13H22F3N5/c1-5-6-21(8-13(14,15)16)10-7-9(20-17)18-11(19-10)12(2,3)4/h7H,5-6,8,17H2,1-4H3,(H,18,19,20). The number of hydrogen-bond acceptors (Lipinski definition) is 5. The van der Waals surface area contributed by atoms with Gasteiger partial charge in [-0.25, -0.2) is 15.8 Å². The molecule has 1 aromatic heterocycles. The Morgan fingerprint density at radius 1 is 1.24 bits per heavy atom. The molecule has 0 aliphatic heterocycles. The molecule has 0 amide bonds. The summed E-state index contributed by atoms with van der Waals surface area (Å²) in [6.45, 7) is 6.69. The zero-order valence-electron chi connectivity index (χ0n) is 12.8. The minimum absolute atomic E-state index is 0.224. The predicted octanol–water partition coefficient (Wildman–Crippen LogP) is 2.84. The molecule has 0 atom stereocenters. The fraction of sp³-hybridized carbons (Fsp3) is 0.692. The van der Waals surface area contributed by atoms with Gasteiger partial charge >= 0.3 is 6.18 Å². The number of hydrazine groups is 1. The van der Waals surface area contributed by atoms with E-state index in [1.54, 1.807) is 0 Å². The zero-order valence-corrected chi connectivity index (χ0v) is 12.8. The van der Waals surface area contributed by atoms with Gasteiger partial charge in [0.05, 0.1) is 0 Å². The number of aromatic nitrogens is 2. The maximum atomic E-state index is 12.7. The van der Waals surface area contributed by atoms with Crippen molar-refractivity contribution in [2.75, 3.05) is 23.4 Å². The van der Waals surface area contributed by atoms with E-state index in [0.29, 0.717) is 18.1 Å². The van der Waals surface area contributed by atoms with E-state index in [4.69, 9.17) is 5.84 Å². The SMILES string of the molecule is CCCN(CC(F)(F)F)c1cc(NN)nc(C(C)(C)C)n1. The van der Waals surface area contributed by atoms with Gasteiger partial charge in [-0.05, 0) is 6.42 Å². The van der Waals surface area contributed by atoms with Crippen molar-refractivity contribution in [3.05, 3.63) is 11.9 Å². The van der Waals surface area contributed by atoms with Crippen molar-refractivity contribution >= 4 is 11.6 Å². The van der Waals surface area contributed by atoms with Crippen LogP contribution in [0.2, 0.25) is 0 Å². The van der Waals surface area contributed by atoms with E-state index >= 15 is 0 Å². The number of hydrogen-bond donors (Lipinski definition) is 2. The van der Waals surface area contributed by atoms with Crippen LogP contribution in [0.4, 0.5) is 24.8 Å². The zero-order chi connectivity index (χ0) is 16.3. The summed E-state index contributed by atoms with van der Waals surface area (Å²) in [5.41, 5.74) is 1.99. The van der Waals surface area contributed by atoms with Gasteiger partial charge in [-0.1, -0.05) is 27.7 Å². The highest BCUT2D eigenvalue weighted by Gasteiger charge is 2.32. The molecule has 5 nitrogen and oxygen atoms in total. The number of nitrogen functional groups attached to an aromatic ring is 1. The van der Waals surface area contributed by atoms with Gasteiger partial charge in [0.2, 0.25) is 0 Å². The first-order valence-electron chi connectivity index (χ1n) is 6.74. The van der Waals surface area contributed by atoms with Crippen molar-refractivity contribution in [3.63, 3.8) is 0 Å². The summed E-state index contributed by atoms with van der Waals surface area (Å²) in [6, 6.07) is 1.43. The first-order valence-corrected chi connectivity index (χ1v) is 6.74. The Balaban J connectivity index is 3.23. The van der Waals surface area contributed by atoms with Crippen LogP contribution in [0.5, 0.6) is 0 Å². The second-order valence-corrected chi connectivity index (χ2v) is 5.87. The Kier molecular flexibility index (Phi) is 5.38. The van der Waals surface area contributed by atoms with Gasteiger partial charge in [-0.3, -0.25) is 0 Å². The Hall–Kier alpha value is -1.57. The molecule has 0 saturated carbocycles. The lowest BCUT2D eigenvalue weighted by Gasteiger charge is -2.26. The van der Waals surface area contributed by atoms with Crippen LogP contribution in [0.3, 0.4) is 0 Å². The number of halogens is 3. The summed E-state index contributed by atoms with van der Waals surface area (Å²) in [7, 11) is 0. The second kappa shape index (κ2) is 6.46. The lowest BCUT2D eigenvalue weighted by Crippen LogP contribution is -2.36. The number of nitrogens with two attached hydrogens (primary N) is 1. The van der Waals surface area contributed by atoms with E-state index in [1.165, 1.54) is 11.0 Å². The molecule has 0 bridgehead atoms. The maximum absolute atomic E-state index is 12.7. The lowest BCUT2D eigenvalue weighted by atomic mass is 9.96. The van der Waals surface area contributed by atoms with Gasteiger partial charge in [0.25, 0.3) is 0 Å². The van der Waals surface area contributed by atoms with E-state index in [2.05, 4.69) is 15.4 Å². The molecule has 1 rings (SSSR count). The number of rotatable bonds is 5. The molecule has 0 spiro atoms. The summed E-state index contributed by atoms with van der Waals surface area (Å²) in [4.78, 5) is 9.67. The molecule has 0 saturated heterocycles. The van der Waals surface area contributed by atoms with Crippen molar-refractivity contribution in [2.45, 2.75) is 45.7 Å². The van der Waals surface area contributed by atoms with Gasteiger partial charge in [0.15, 0.2) is 0 Å². The monoisotopic (exact) mass is 305 g/mol. The molecule has 8 heteroatoms. The largest absolute Gasteiger partial charge is 0.405 e. The van der Waals surface area contributed by atoms with Crippen LogP contribution >= 0.6 is 0 Å². The highest BCUT2D eigenvalue weighted by Crippen LogP contribution is 2.26. The smallest absolute Gasteiger partial charge is 0.347 e. The van der Waals surface area contributed by atoms with Crippen molar-refractivity contribution in [3.8, 4) is 0 Å². The van der Waals surface area contributed by atoms with E-state index in [1.807, 2.05) is 27.7 Å². The van der Waals surface area contributed by atoms with Crippen LogP contribution in [0.15, 0.2) is 6.07 Å². The van der Waals surface area contributed by atoms with E-state index < -0.39 is 18.1 Å². The van der Waals surface area contributed by atoms with Crippen LogP contribution in [-0.4, -0.2) is 29.2 Å². The van der Waals surface area contributed by atoms with Crippen molar-refractivity contribution in [2.24, 2.45) is 5.84 Å². The molecule has 120 valence electrons. The quantitative estimate of drug-likeness (QED) is 0.647. The fourth-order valence-electron chi connectivity index (χ4n) is 1.77. The van der Waals surface area contributed by atoms with Gasteiger partial charge in [-0.2, -0.15) is 13.2 Å². The third-order valence-electron chi connectivity index (χ3n) is 2.72. The average Bonchev–Trinajstić information content (AvgIpc) is 2.35. The Labute approximate surface area is 122 Å². The molecular weight excluding hydrogens is 283 g/mol. The summed E-state index contributed by atoms with van der Waals surface area (Å²) in [5, 5.41) is 0. The van der Waals surface area contributed by atoms with Gasteiger partial charge < -0.3 is 10.3 Å². The molecule has 1 heterocycles. The summed E-state index contributed by atoms with van der Waals surface area (Å²) in [6.07, 6.45) is -3.71. The topological polar surface area (TPSA) is 67.1 Å². The average molecular weight is 305 g/mol. The van der Waals surface area contributed by atoms with Crippen LogP contribution in [0.1, 0.15) is 39.9 Å². The number of nitrogens with one attached hydrogen (secondary N) is 1. The van der Waals surface area contributed by atoms with Crippen molar-refractivity contribution in [1.82, 2.24) is 9.97 Å². The molecule has 1 aromatic rings. The van der Waals surface area contributed by atoms with Gasteiger partial charge in [0.1, 0.15) is 24.0 Å². The minimum Gasteiger partial charge on any atom is -0.347 e. The molecule has 0 aliphatic rings. The van der Waals surface area contributed by atoms with Gasteiger partial charge in [-0.15, -0.1) is 0 Å². The molecule has 0 aromatic carbocycles. The van der Waals surface area contributed by atoms with Crippen LogP contribution in [-0.2, 0) is 5.41 Å². The van der Waals surface area contributed by atoms with Gasteiger partial charge in [0, 0.05) is 18.0 Å². The Morgan fingerprint density at radius 3 is 2.29 bits per heavy atom. The van der Waals surface area contributed by atoms with Crippen LogP contribution in [0, 0.1) is 0 Å². The highest BCUT2D eigenvalue weighted by molar-refractivity contribution is 5.49. The molecule has 0 radical (unpaired) electrons. The molecule has 0 unspecified atom stereocenters. The fourth-order valence-corrected chi connectivity index (χ4v) is 1.77. The van der Waals surface area contributed by atoms with E-state index in [0.717, 1.165) is 0 Å². The molecule has 0 aliphatic carbocycles. The van der Waals surface area contributed by atoms with E-state index in [-0.39, 0.29) is 12.4 Å². The first kappa shape index (κ1) is 17.5. The number of alkyl halides is 3. The summed E-state index contributed by atoms with van der Waals surface area (Å²) >= 11 is 0. The number of anilines is 2. The Morgan fingerprint density at radius 2 is 1.86 bits per heavy atom. The highest BCUT2D eigenvalue weighted by atomic mass is 19.4. The van der Waals surface area contributed by atoms with Crippen LogP contribution in [0.25, 0.3) is 0 Å². The van der Waals surface area contributed by atoms with E-state index in [9.17, 15) is 13.2 Å². The van der Waals surface area contributed by atoms with Crippen LogP contribution < -0.4 is 16.2 Å². The first-order chi connectivity index (χ1) is 9.56. The lowest BCUT2D eigenvalue weighted by molar-refractivity contribution is -0.119. The Bertz CT molecular complexity index is 468. The third kappa shape index (κ3) is 5.37. The normalized spacial score (nSPS) is 12.4. The summed E-state index contributed by atoms with van der Waals surface area (Å²) in [5.74, 6) is 6.32. The van der Waals surface area contributed by atoms with Crippen molar-refractivity contribution in [1.29, 1.82) is 0 Å². The molecule has 21 heavy (non-hydrogen) atoms. The van der Waals surface area contributed by atoms with Crippen molar-refractivity contribution < 1.29 is 13.2 Å². The molecular formula is C13H22F3N5. The second-order valence-electron chi connectivity index (χ2n) is 5.87.